The largest absolute Gasteiger partial charge is 0.374 e. The van der Waals surface area contributed by atoms with Crippen LogP contribution in [-0.4, -0.2) is 34.2 Å². The van der Waals surface area contributed by atoms with Crippen LogP contribution in [0.15, 0.2) is 36.7 Å². The molecule has 0 saturated carbocycles. The molecule has 0 radical (unpaired) electrons. The predicted molar refractivity (Wildman–Crippen MR) is 97.6 cm³/mol. The molecule has 0 aliphatic carbocycles. The molecule has 2 N–H and O–H groups in total. The highest BCUT2D eigenvalue weighted by atomic mass is 16.2. The van der Waals surface area contributed by atoms with Crippen molar-refractivity contribution in [3.05, 3.63) is 36.7 Å². The third-order valence-corrected chi connectivity index (χ3v) is 4.27. The molecule has 0 spiro atoms. The van der Waals surface area contributed by atoms with E-state index in [1.54, 1.807) is 15.8 Å². The number of carbonyl (C=O) groups excluding carboxylic acids is 2. The molecule has 25 heavy (non-hydrogen) atoms. The number of piperidine rings is 1. The van der Waals surface area contributed by atoms with E-state index in [0.29, 0.717) is 13.0 Å². The molecule has 1 saturated heterocycles. The van der Waals surface area contributed by atoms with E-state index in [9.17, 15) is 9.59 Å². The first-order valence-electron chi connectivity index (χ1n) is 8.53. The summed E-state index contributed by atoms with van der Waals surface area (Å²) in [6, 6.07) is 7.16. The van der Waals surface area contributed by atoms with Crippen LogP contribution in [0.5, 0.6) is 0 Å². The van der Waals surface area contributed by atoms with Gasteiger partial charge in [0, 0.05) is 37.6 Å². The summed E-state index contributed by atoms with van der Waals surface area (Å²) in [7, 11) is 1.84. The zero-order chi connectivity index (χ0) is 17.8. The van der Waals surface area contributed by atoms with Crippen molar-refractivity contribution in [1.29, 1.82) is 0 Å². The Morgan fingerprint density at radius 2 is 2.00 bits per heavy atom. The Bertz CT molecular complexity index is 753. The molecule has 2 heterocycles. The summed E-state index contributed by atoms with van der Waals surface area (Å²) in [5, 5.41) is 10.3. The van der Waals surface area contributed by atoms with E-state index in [2.05, 4.69) is 15.7 Å². The number of nitrogens with zero attached hydrogens (tertiary/aromatic N) is 3. The number of hydrogen-bond acceptors (Lipinski definition) is 4. The third kappa shape index (κ3) is 3.99. The zero-order valence-electron chi connectivity index (χ0n) is 14.5. The van der Waals surface area contributed by atoms with E-state index in [4.69, 9.17) is 0 Å². The number of benzene rings is 1. The van der Waals surface area contributed by atoms with Crippen molar-refractivity contribution < 1.29 is 9.59 Å². The average molecular weight is 341 g/mol. The van der Waals surface area contributed by atoms with Gasteiger partial charge < -0.3 is 15.5 Å². The molecular formula is C18H23N5O2. The maximum absolute atomic E-state index is 12.8. The van der Waals surface area contributed by atoms with Crippen molar-refractivity contribution in [2.45, 2.75) is 32.2 Å². The molecule has 2 amide bonds. The van der Waals surface area contributed by atoms with Crippen LogP contribution in [0.25, 0.3) is 0 Å². The monoisotopic (exact) mass is 341 g/mol. The Balaban J connectivity index is 1.65. The van der Waals surface area contributed by atoms with Gasteiger partial charge in [0.15, 0.2) is 0 Å². The minimum Gasteiger partial charge on any atom is -0.374 e. The molecular weight excluding hydrogens is 318 g/mol. The average Bonchev–Trinajstić information content (AvgIpc) is 3.04. The summed E-state index contributed by atoms with van der Waals surface area (Å²) < 4.78 is 1.70. The van der Waals surface area contributed by atoms with E-state index in [-0.39, 0.29) is 17.9 Å². The molecule has 132 valence electrons. The number of carbonyl (C=O) groups is 2. The lowest BCUT2D eigenvalue weighted by Gasteiger charge is -2.32. The van der Waals surface area contributed by atoms with Gasteiger partial charge in [0.05, 0.1) is 11.9 Å². The standard InChI is InChI=1S/C18H23N5O2/c1-3-17(24)21-14-8-6-13(7-9-14)20-16-5-4-10-23(18(16)25)15-11-19-22(2)12-15/h6-9,11-12,16,20H,3-5,10H2,1-2H3,(H,21,24)/t16-/m1/s1. The number of aryl methyl sites for hydroxylation is 1. The van der Waals surface area contributed by atoms with Crippen molar-refractivity contribution >= 4 is 28.9 Å². The molecule has 7 heteroatoms. The quantitative estimate of drug-likeness (QED) is 0.875. The van der Waals surface area contributed by atoms with Gasteiger partial charge in [-0.1, -0.05) is 6.92 Å². The number of aromatic nitrogens is 2. The summed E-state index contributed by atoms with van der Waals surface area (Å²) in [6.07, 6.45) is 5.74. The third-order valence-electron chi connectivity index (χ3n) is 4.27. The second kappa shape index (κ2) is 7.38. The highest BCUT2D eigenvalue weighted by molar-refractivity contribution is 5.99. The number of amides is 2. The first-order chi connectivity index (χ1) is 12.1. The summed E-state index contributed by atoms with van der Waals surface area (Å²) >= 11 is 0. The fourth-order valence-corrected chi connectivity index (χ4v) is 2.91. The lowest BCUT2D eigenvalue weighted by Crippen LogP contribution is -2.47. The summed E-state index contributed by atoms with van der Waals surface area (Å²) in [5.41, 5.74) is 2.45. The van der Waals surface area contributed by atoms with Crippen LogP contribution in [0, 0.1) is 0 Å². The van der Waals surface area contributed by atoms with Gasteiger partial charge >= 0.3 is 0 Å². The molecule has 1 atom stereocenters. The molecule has 0 bridgehead atoms. The van der Waals surface area contributed by atoms with Crippen molar-refractivity contribution in [3.8, 4) is 0 Å². The van der Waals surface area contributed by atoms with Gasteiger partial charge in [0.2, 0.25) is 11.8 Å². The second-order valence-corrected chi connectivity index (χ2v) is 6.18. The fourth-order valence-electron chi connectivity index (χ4n) is 2.91. The molecule has 7 nitrogen and oxygen atoms in total. The second-order valence-electron chi connectivity index (χ2n) is 6.18. The highest BCUT2D eigenvalue weighted by Crippen LogP contribution is 2.23. The van der Waals surface area contributed by atoms with E-state index >= 15 is 0 Å². The first kappa shape index (κ1) is 17.0. The van der Waals surface area contributed by atoms with E-state index in [1.807, 2.05) is 44.4 Å². The molecule has 1 aliphatic heterocycles. The minimum absolute atomic E-state index is 0.0183. The van der Waals surface area contributed by atoms with Crippen LogP contribution in [0.3, 0.4) is 0 Å². The Morgan fingerprint density at radius 1 is 1.28 bits per heavy atom. The molecule has 1 aromatic carbocycles. The molecule has 0 unspecified atom stereocenters. The molecule has 3 rings (SSSR count). The SMILES string of the molecule is CCC(=O)Nc1ccc(N[C@@H]2CCCN(c3cnn(C)c3)C2=O)cc1. The van der Waals surface area contributed by atoms with Crippen LogP contribution in [0.2, 0.25) is 0 Å². The lowest BCUT2D eigenvalue weighted by molar-refractivity contribution is -0.120. The number of hydrogen-bond donors (Lipinski definition) is 2. The Hall–Kier alpha value is -2.83. The van der Waals surface area contributed by atoms with Crippen LogP contribution in [0.4, 0.5) is 17.1 Å². The molecule has 1 aromatic heterocycles. The first-order valence-corrected chi connectivity index (χ1v) is 8.53. The molecule has 2 aromatic rings. The Kier molecular flexibility index (Phi) is 5.02. The lowest BCUT2D eigenvalue weighted by atomic mass is 10.0. The zero-order valence-corrected chi connectivity index (χ0v) is 14.5. The van der Waals surface area contributed by atoms with E-state index < -0.39 is 0 Å². The number of rotatable bonds is 5. The minimum atomic E-state index is -0.259. The van der Waals surface area contributed by atoms with Gasteiger partial charge in [-0.3, -0.25) is 14.3 Å². The smallest absolute Gasteiger partial charge is 0.249 e. The Labute approximate surface area is 147 Å². The van der Waals surface area contributed by atoms with Gasteiger partial charge in [0.25, 0.3) is 0 Å². The predicted octanol–water partition coefficient (Wildman–Crippen LogP) is 2.38. The van der Waals surface area contributed by atoms with Crippen molar-refractivity contribution in [2.75, 3.05) is 22.1 Å². The number of nitrogens with one attached hydrogen (secondary N) is 2. The van der Waals surface area contributed by atoms with Crippen molar-refractivity contribution in [2.24, 2.45) is 7.05 Å². The summed E-state index contributed by atoms with van der Waals surface area (Å²) in [6.45, 7) is 2.53. The van der Waals surface area contributed by atoms with Crippen LogP contribution < -0.4 is 15.5 Å². The molecule has 1 aliphatic rings. The fraction of sp³-hybridized carbons (Fsp3) is 0.389. The highest BCUT2D eigenvalue weighted by Gasteiger charge is 2.30. The van der Waals surface area contributed by atoms with Crippen LogP contribution in [0.1, 0.15) is 26.2 Å². The van der Waals surface area contributed by atoms with Gasteiger partial charge in [-0.05, 0) is 37.1 Å². The van der Waals surface area contributed by atoms with Crippen molar-refractivity contribution in [3.63, 3.8) is 0 Å². The Morgan fingerprint density at radius 3 is 2.64 bits per heavy atom. The normalized spacial score (nSPS) is 17.4. The van der Waals surface area contributed by atoms with Gasteiger partial charge in [0.1, 0.15) is 6.04 Å². The summed E-state index contributed by atoms with van der Waals surface area (Å²) in [5.74, 6) is 0.0397. The molecule has 1 fully saturated rings. The number of anilines is 3. The van der Waals surface area contributed by atoms with Gasteiger partial charge in [-0.15, -0.1) is 0 Å². The van der Waals surface area contributed by atoms with Crippen molar-refractivity contribution in [1.82, 2.24) is 9.78 Å². The van der Waals surface area contributed by atoms with E-state index in [1.165, 1.54) is 0 Å². The van der Waals surface area contributed by atoms with E-state index in [0.717, 1.165) is 29.9 Å². The maximum Gasteiger partial charge on any atom is 0.249 e. The topological polar surface area (TPSA) is 79.3 Å². The van der Waals surface area contributed by atoms with Crippen LogP contribution in [-0.2, 0) is 16.6 Å². The summed E-state index contributed by atoms with van der Waals surface area (Å²) in [4.78, 5) is 26.0. The van der Waals surface area contributed by atoms with Crippen LogP contribution >= 0.6 is 0 Å². The van der Waals surface area contributed by atoms with Gasteiger partial charge in [-0.25, -0.2) is 0 Å². The van der Waals surface area contributed by atoms with Gasteiger partial charge in [-0.2, -0.15) is 5.10 Å². The maximum atomic E-state index is 12.8.